The van der Waals surface area contributed by atoms with E-state index in [1.54, 1.807) is 27.2 Å². The third-order valence-electron chi connectivity index (χ3n) is 3.46. The van der Waals surface area contributed by atoms with Gasteiger partial charge in [-0.1, -0.05) is 5.16 Å². The highest BCUT2D eigenvalue weighted by Gasteiger charge is 2.16. The predicted molar refractivity (Wildman–Crippen MR) is 86.1 cm³/mol. The van der Waals surface area contributed by atoms with Gasteiger partial charge in [0.05, 0.1) is 20.3 Å². The Kier molecular flexibility index (Phi) is 5.10. The van der Waals surface area contributed by atoms with Crippen molar-refractivity contribution in [3.8, 4) is 11.5 Å². The topological polar surface area (TPSA) is 85.6 Å². The molecule has 0 fully saturated rings. The van der Waals surface area contributed by atoms with E-state index in [9.17, 15) is 4.79 Å². The van der Waals surface area contributed by atoms with Gasteiger partial charge in [0.1, 0.15) is 5.76 Å². The molecular weight excluding hydrogens is 298 g/mol. The molecule has 0 saturated carbocycles. The molecule has 2 amide bonds. The summed E-state index contributed by atoms with van der Waals surface area (Å²) in [6, 6.07) is 4.80. The molecule has 2 rings (SSSR count). The number of aromatic nitrogens is 1. The third-order valence-corrected chi connectivity index (χ3v) is 3.46. The van der Waals surface area contributed by atoms with Gasteiger partial charge in [0, 0.05) is 6.07 Å². The number of nitrogens with zero attached hydrogens (tertiary/aromatic N) is 1. The fourth-order valence-corrected chi connectivity index (χ4v) is 2.31. The molecule has 7 nitrogen and oxygen atoms in total. The molecule has 0 aliphatic carbocycles. The van der Waals surface area contributed by atoms with Crippen molar-refractivity contribution in [3.05, 3.63) is 35.1 Å². The number of anilines is 1. The van der Waals surface area contributed by atoms with E-state index in [0.29, 0.717) is 23.1 Å². The Hall–Kier alpha value is -2.70. The summed E-state index contributed by atoms with van der Waals surface area (Å²) < 4.78 is 15.5. The summed E-state index contributed by atoms with van der Waals surface area (Å²) in [4.78, 5) is 12.0. The van der Waals surface area contributed by atoms with E-state index in [2.05, 4.69) is 15.8 Å². The molecule has 0 bridgehead atoms. The summed E-state index contributed by atoms with van der Waals surface area (Å²) in [5.74, 6) is 2.28. The second-order valence-electron chi connectivity index (χ2n) is 5.21. The second kappa shape index (κ2) is 7.04. The zero-order valence-corrected chi connectivity index (χ0v) is 13.9. The minimum atomic E-state index is -0.361. The molecule has 0 saturated heterocycles. The zero-order valence-electron chi connectivity index (χ0n) is 13.9. The highest BCUT2D eigenvalue weighted by Crippen LogP contribution is 2.32. The first-order valence-corrected chi connectivity index (χ1v) is 7.18. The van der Waals surface area contributed by atoms with Gasteiger partial charge in [-0.05, 0) is 44.0 Å². The van der Waals surface area contributed by atoms with Gasteiger partial charge >= 0.3 is 6.03 Å². The average molecular weight is 319 g/mol. The van der Waals surface area contributed by atoms with Crippen molar-refractivity contribution in [2.75, 3.05) is 19.5 Å². The molecule has 1 atom stereocenters. The van der Waals surface area contributed by atoms with Crippen LogP contribution in [0.2, 0.25) is 0 Å². The first-order chi connectivity index (χ1) is 10.9. The number of aryl methyl sites for hydroxylation is 2. The number of nitrogens with one attached hydrogen (secondary N) is 2. The fourth-order valence-electron chi connectivity index (χ4n) is 2.31. The standard InChI is InChI=1S/C16H21N3O4/c1-9-6-13(21-4)14(22-5)8-12(9)11(3)17-16(20)18-15-7-10(2)23-19-15/h6-8,11H,1-5H3,(H2,17,18,19,20)/t11-/m0/s1. The summed E-state index contributed by atoms with van der Waals surface area (Å²) in [5, 5.41) is 9.20. The van der Waals surface area contributed by atoms with E-state index in [-0.39, 0.29) is 12.1 Å². The van der Waals surface area contributed by atoms with Gasteiger partial charge in [0.25, 0.3) is 0 Å². The summed E-state index contributed by atoms with van der Waals surface area (Å²) >= 11 is 0. The van der Waals surface area contributed by atoms with Crippen LogP contribution in [0.4, 0.5) is 10.6 Å². The SMILES string of the molecule is COc1cc(C)c([C@H](C)NC(=O)Nc2cc(C)on2)cc1OC. The van der Waals surface area contributed by atoms with E-state index in [0.717, 1.165) is 11.1 Å². The van der Waals surface area contributed by atoms with Crippen molar-refractivity contribution in [2.24, 2.45) is 0 Å². The van der Waals surface area contributed by atoms with Crippen LogP contribution in [0.3, 0.4) is 0 Å². The molecule has 1 aromatic heterocycles. The number of urea groups is 1. The molecule has 2 aromatic rings. The van der Waals surface area contributed by atoms with E-state index < -0.39 is 0 Å². The van der Waals surface area contributed by atoms with Gasteiger partial charge in [-0.3, -0.25) is 5.32 Å². The smallest absolute Gasteiger partial charge is 0.320 e. The molecule has 0 aliphatic heterocycles. The van der Waals surface area contributed by atoms with E-state index >= 15 is 0 Å². The number of methoxy groups -OCH3 is 2. The third kappa shape index (κ3) is 3.94. The van der Waals surface area contributed by atoms with Gasteiger partial charge < -0.3 is 19.3 Å². The summed E-state index contributed by atoms with van der Waals surface area (Å²) in [6.45, 7) is 5.60. The molecule has 1 heterocycles. The van der Waals surface area contributed by atoms with E-state index in [1.165, 1.54) is 0 Å². The monoisotopic (exact) mass is 319 g/mol. The molecule has 0 aliphatic rings. The average Bonchev–Trinajstić information content (AvgIpc) is 2.91. The number of benzene rings is 1. The minimum Gasteiger partial charge on any atom is -0.493 e. The Bertz CT molecular complexity index is 697. The van der Waals surface area contributed by atoms with Crippen LogP contribution in [0.5, 0.6) is 11.5 Å². The van der Waals surface area contributed by atoms with Crippen molar-refractivity contribution in [3.63, 3.8) is 0 Å². The van der Waals surface area contributed by atoms with Gasteiger partial charge in [0.2, 0.25) is 0 Å². The number of rotatable bonds is 5. The van der Waals surface area contributed by atoms with Crippen molar-refractivity contribution < 1.29 is 18.8 Å². The van der Waals surface area contributed by atoms with Crippen LogP contribution < -0.4 is 20.1 Å². The van der Waals surface area contributed by atoms with Crippen molar-refractivity contribution in [1.29, 1.82) is 0 Å². The number of carbonyl (C=O) groups excluding carboxylic acids is 1. The molecule has 0 unspecified atom stereocenters. The summed E-state index contributed by atoms with van der Waals surface area (Å²) in [5.41, 5.74) is 1.93. The maximum absolute atomic E-state index is 12.0. The number of amides is 2. The maximum atomic E-state index is 12.0. The van der Waals surface area contributed by atoms with Crippen LogP contribution >= 0.6 is 0 Å². The largest absolute Gasteiger partial charge is 0.493 e. The van der Waals surface area contributed by atoms with Gasteiger partial charge in [0.15, 0.2) is 17.3 Å². The van der Waals surface area contributed by atoms with Crippen molar-refractivity contribution in [1.82, 2.24) is 10.5 Å². The molecule has 0 radical (unpaired) electrons. The number of hydrogen-bond donors (Lipinski definition) is 2. The Morgan fingerprint density at radius 1 is 1.17 bits per heavy atom. The highest BCUT2D eigenvalue weighted by molar-refractivity contribution is 5.88. The Balaban J connectivity index is 2.10. The number of carbonyl (C=O) groups is 1. The van der Waals surface area contributed by atoms with Crippen LogP contribution in [-0.2, 0) is 0 Å². The zero-order chi connectivity index (χ0) is 17.0. The fraction of sp³-hybridized carbons (Fsp3) is 0.375. The molecule has 0 spiro atoms. The summed E-state index contributed by atoms with van der Waals surface area (Å²) in [6.07, 6.45) is 0. The maximum Gasteiger partial charge on any atom is 0.320 e. The van der Waals surface area contributed by atoms with Gasteiger partial charge in [-0.15, -0.1) is 0 Å². The van der Waals surface area contributed by atoms with Gasteiger partial charge in [-0.2, -0.15) is 0 Å². The van der Waals surface area contributed by atoms with Crippen LogP contribution in [0.15, 0.2) is 22.7 Å². The molecule has 2 N–H and O–H groups in total. The molecule has 7 heteroatoms. The lowest BCUT2D eigenvalue weighted by atomic mass is 10.0. The second-order valence-corrected chi connectivity index (χ2v) is 5.21. The lowest BCUT2D eigenvalue weighted by Gasteiger charge is -2.19. The van der Waals surface area contributed by atoms with Crippen LogP contribution in [-0.4, -0.2) is 25.4 Å². The van der Waals surface area contributed by atoms with E-state index in [4.69, 9.17) is 14.0 Å². The first kappa shape index (κ1) is 16.7. The molecule has 23 heavy (non-hydrogen) atoms. The first-order valence-electron chi connectivity index (χ1n) is 7.18. The molecular formula is C16H21N3O4. The summed E-state index contributed by atoms with van der Waals surface area (Å²) in [7, 11) is 3.17. The van der Waals surface area contributed by atoms with E-state index in [1.807, 2.05) is 26.0 Å². The number of ether oxygens (including phenoxy) is 2. The predicted octanol–water partition coefficient (Wildman–Crippen LogP) is 3.19. The minimum absolute atomic E-state index is 0.220. The highest BCUT2D eigenvalue weighted by atomic mass is 16.5. The van der Waals surface area contributed by atoms with Crippen LogP contribution in [0.1, 0.15) is 29.9 Å². The Morgan fingerprint density at radius 3 is 2.39 bits per heavy atom. The normalized spacial score (nSPS) is 11.7. The number of hydrogen-bond acceptors (Lipinski definition) is 5. The quantitative estimate of drug-likeness (QED) is 0.884. The molecule has 1 aromatic carbocycles. The van der Waals surface area contributed by atoms with Crippen LogP contribution in [0, 0.1) is 13.8 Å². The lowest BCUT2D eigenvalue weighted by molar-refractivity contribution is 0.249. The van der Waals surface area contributed by atoms with Gasteiger partial charge in [-0.25, -0.2) is 4.79 Å². The lowest BCUT2D eigenvalue weighted by Crippen LogP contribution is -2.31. The van der Waals surface area contributed by atoms with Crippen LogP contribution in [0.25, 0.3) is 0 Å². The Morgan fingerprint density at radius 2 is 1.83 bits per heavy atom. The van der Waals surface area contributed by atoms with Crippen molar-refractivity contribution in [2.45, 2.75) is 26.8 Å². The Labute approximate surface area is 134 Å². The van der Waals surface area contributed by atoms with Crippen molar-refractivity contribution >= 4 is 11.8 Å². The molecule has 124 valence electrons.